The molecule has 110 valence electrons. The van der Waals surface area contributed by atoms with Crippen LogP contribution in [0.15, 0.2) is 22.6 Å². The molecule has 3 N–H and O–H groups in total. The van der Waals surface area contributed by atoms with Crippen molar-refractivity contribution in [3.63, 3.8) is 0 Å². The Morgan fingerprint density at radius 3 is 2.75 bits per heavy atom. The van der Waals surface area contributed by atoms with E-state index in [4.69, 9.17) is 10.2 Å². The number of benzene rings is 1. The number of nitrogen functional groups attached to an aromatic ring is 1. The van der Waals surface area contributed by atoms with Gasteiger partial charge < -0.3 is 15.3 Å². The molecule has 1 heterocycles. The van der Waals surface area contributed by atoms with Gasteiger partial charge in [-0.25, -0.2) is 4.98 Å². The lowest BCUT2D eigenvalue weighted by Gasteiger charge is -2.28. The maximum absolute atomic E-state index is 9.22. The summed E-state index contributed by atoms with van der Waals surface area (Å²) in [7, 11) is 0. The second-order valence-electron chi connectivity index (χ2n) is 5.00. The second-order valence-corrected chi connectivity index (χ2v) is 5.00. The van der Waals surface area contributed by atoms with Crippen LogP contribution < -0.4 is 5.73 Å². The third kappa shape index (κ3) is 3.29. The van der Waals surface area contributed by atoms with Crippen LogP contribution in [0.5, 0.6) is 0 Å². The van der Waals surface area contributed by atoms with Gasteiger partial charge >= 0.3 is 0 Å². The van der Waals surface area contributed by atoms with Gasteiger partial charge in [0.15, 0.2) is 5.58 Å². The molecule has 1 aromatic carbocycles. The molecule has 1 aromatic heterocycles. The molecule has 0 atom stereocenters. The van der Waals surface area contributed by atoms with Crippen molar-refractivity contribution in [2.75, 3.05) is 18.9 Å². The molecule has 0 aliphatic rings. The molecule has 2 aromatic rings. The lowest BCUT2D eigenvalue weighted by Crippen LogP contribution is -2.36. The molecular formula is C15H23N3O2. The number of nitrogens with zero attached hydrogens (tertiary/aromatic N) is 2. The van der Waals surface area contributed by atoms with E-state index in [0.29, 0.717) is 30.7 Å². The summed E-state index contributed by atoms with van der Waals surface area (Å²) in [4.78, 5) is 6.69. The Morgan fingerprint density at radius 2 is 2.10 bits per heavy atom. The molecule has 0 aliphatic carbocycles. The van der Waals surface area contributed by atoms with Gasteiger partial charge in [-0.1, -0.05) is 13.8 Å². The molecule has 0 fully saturated rings. The fraction of sp³-hybridized carbons (Fsp3) is 0.533. The minimum Gasteiger partial charge on any atom is -0.439 e. The lowest BCUT2D eigenvalue weighted by atomic mass is 10.1. The van der Waals surface area contributed by atoms with Gasteiger partial charge in [0.1, 0.15) is 5.52 Å². The zero-order valence-corrected chi connectivity index (χ0v) is 12.2. The van der Waals surface area contributed by atoms with Crippen molar-refractivity contribution in [2.45, 2.75) is 39.3 Å². The minimum atomic E-state index is 0.143. The van der Waals surface area contributed by atoms with Gasteiger partial charge in [0.05, 0.1) is 13.2 Å². The number of aliphatic hydroxyl groups excluding tert-OH is 1. The fourth-order valence-electron chi connectivity index (χ4n) is 2.56. The first kappa shape index (κ1) is 14.8. The summed E-state index contributed by atoms with van der Waals surface area (Å²) in [5.74, 6) is 0.672. The van der Waals surface area contributed by atoms with Crippen molar-refractivity contribution in [3.05, 3.63) is 24.1 Å². The van der Waals surface area contributed by atoms with Crippen molar-refractivity contribution in [2.24, 2.45) is 0 Å². The van der Waals surface area contributed by atoms with Crippen LogP contribution in [0.25, 0.3) is 11.1 Å². The van der Waals surface area contributed by atoms with E-state index in [0.717, 1.165) is 23.9 Å². The van der Waals surface area contributed by atoms with Crippen LogP contribution in [0.2, 0.25) is 0 Å². The molecule has 0 spiro atoms. The Bertz CT molecular complexity index is 549. The molecule has 5 heteroatoms. The normalized spacial score (nSPS) is 11.8. The Labute approximate surface area is 119 Å². The molecule has 20 heavy (non-hydrogen) atoms. The summed E-state index contributed by atoms with van der Waals surface area (Å²) in [5.41, 5.74) is 7.97. The first-order valence-electron chi connectivity index (χ1n) is 7.17. The fourth-order valence-corrected chi connectivity index (χ4v) is 2.56. The third-order valence-electron chi connectivity index (χ3n) is 3.64. The molecule has 2 rings (SSSR count). The molecule has 0 saturated heterocycles. The first-order chi connectivity index (χ1) is 9.67. The summed E-state index contributed by atoms with van der Waals surface area (Å²) >= 11 is 0. The number of nitrogens with two attached hydrogens (primary N) is 1. The summed E-state index contributed by atoms with van der Waals surface area (Å²) < 4.78 is 5.75. The molecule has 0 aliphatic heterocycles. The van der Waals surface area contributed by atoms with Crippen molar-refractivity contribution < 1.29 is 9.52 Å². The highest BCUT2D eigenvalue weighted by Crippen LogP contribution is 2.20. The van der Waals surface area contributed by atoms with Gasteiger partial charge in [0, 0.05) is 18.3 Å². The third-order valence-corrected chi connectivity index (χ3v) is 3.64. The topological polar surface area (TPSA) is 75.5 Å². The molecule has 0 unspecified atom stereocenters. The number of aliphatic hydroxyl groups is 1. The van der Waals surface area contributed by atoms with Crippen LogP contribution in [-0.2, 0) is 6.54 Å². The quantitative estimate of drug-likeness (QED) is 0.760. The number of anilines is 1. The molecule has 0 radical (unpaired) electrons. The van der Waals surface area contributed by atoms with E-state index in [1.54, 1.807) is 0 Å². The smallest absolute Gasteiger partial charge is 0.209 e. The molecular weight excluding hydrogens is 254 g/mol. The van der Waals surface area contributed by atoms with E-state index >= 15 is 0 Å². The zero-order valence-electron chi connectivity index (χ0n) is 12.2. The van der Waals surface area contributed by atoms with Crippen molar-refractivity contribution in [1.29, 1.82) is 0 Å². The van der Waals surface area contributed by atoms with Crippen LogP contribution >= 0.6 is 0 Å². The number of hydrogen-bond donors (Lipinski definition) is 2. The van der Waals surface area contributed by atoms with Crippen molar-refractivity contribution in [1.82, 2.24) is 9.88 Å². The first-order valence-corrected chi connectivity index (χ1v) is 7.17. The standard InChI is InChI=1S/C15H23N3O2/c1-3-12(4-2)18(7-8-19)10-15-17-13-9-11(16)5-6-14(13)20-15/h5-6,9,12,19H,3-4,7-8,10,16H2,1-2H3. The Morgan fingerprint density at radius 1 is 1.35 bits per heavy atom. The predicted octanol–water partition coefficient (Wildman–Crippen LogP) is 2.39. The minimum absolute atomic E-state index is 0.143. The van der Waals surface area contributed by atoms with Gasteiger partial charge in [-0.15, -0.1) is 0 Å². The highest BCUT2D eigenvalue weighted by Gasteiger charge is 2.17. The van der Waals surface area contributed by atoms with E-state index in [2.05, 4.69) is 23.7 Å². The number of rotatable bonds is 7. The maximum atomic E-state index is 9.22. The summed E-state index contributed by atoms with van der Waals surface area (Å²) in [6, 6.07) is 5.90. The van der Waals surface area contributed by atoms with E-state index < -0.39 is 0 Å². The summed E-state index contributed by atoms with van der Waals surface area (Å²) in [6.45, 7) is 5.70. The van der Waals surface area contributed by atoms with E-state index in [1.807, 2.05) is 18.2 Å². The Balaban J connectivity index is 2.19. The number of hydrogen-bond acceptors (Lipinski definition) is 5. The number of fused-ring (bicyclic) bond motifs is 1. The zero-order chi connectivity index (χ0) is 14.5. The maximum Gasteiger partial charge on any atom is 0.209 e. The lowest BCUT2D eigenvalue weighted by molar-refractivity contribution is 0.127. The van der Waals surface area contributed by atoms with E-state index in [-0.39, 0.29) is 6.61 Å². The van der Waals surface area contributed by atoms with Crippen LogP contribution in [0, 0.1) is 0 Å². The second kappa shape index (κ2) is 6.72. The van der Waals surface area contributed by atoms with Crippen molar-refractivity contribution >= 4 is 16.8 Å². The van der Waals surface area contributed by atoms with E-state index in [1.165, 1.54) is 0 Å². The van der Waals surface area contributed by atoms with Gasteiger partial charge in [0.2, 0.25) is 5.89 Å². The Hall–Kier alpha value is -1.59. The number of aromatic nitrogens is 1. The van der Waals surface area contributed by atoms with Crippen LogP contribution in [0.1, 0.15) is 32.6 Å². The molecule has 0 bridgehead atoms. The number of oxazole rings is 1. The largest absolute Gasteiger partial charge is 0.439 e. The molecule has 0 amide bonds. The monoisotopic (exact) mass is 277 g/mol. The highest BCUT2D eigenvalue weighted by molar-refractivity contribution is 5.76. The summed E-state index contributed by atoms with van der Waals surface area (Å²) in [6.07, 6.45) is 2.09. The van der Waals surface area contributed by atoms with Crippen molar-refractivity contribution in [3.8, 4) is 0 Å². The Kier molecular flexibility index (Phi) is 4.98. The van der Waals surface area contributed by atoms with E-state index in [9.17, 15) is 5.11 Å². The summed E-state index contributed by atoms with van der Waals surface area (Å²) in [5, 5.41) is 9.22. The van der Waals surface area contributed by atoms with Gasteiger partial charge in [-0.3, -0.25) is 4.90 Å². The SMILES string of the molecule is CCC(CC)N(CCO)Cc1nc2cc(N)ccc2o1. The van der Waals surface area contributed by atoms with Gasteiger partial charge in [0.25, 0.3) is 0 Å². The van der Waals surface area contributed by atoms with Crippen LogP contribution in [0.4, 0.5) is 5.69 Å². The average molecular weight is 277 g/mol. The van der Waals surface area contributed by atoms with Crippen LogP contribution in [-0.4, -0.2) is 34.2 Å². The van der Waals surface area contributed by atoms with Gasteiger partial charge in [-0.2, -0.15) is 0 Å². The predicted molar refractivity (Wildman–Crippen MR) is 80.3 cm³/mol. The average Bonchev–Trinajstić information content (AvgIpc) is 2.81. The molecule has 5 nitrogen and oxygen atoms in total. The highest BCUT2D eigenvalue weighted by atomic mass is 16.3. The van der Waals surface area contributed by atoms with Crippen LogP contribution in [0.3, 0.4) is 0 Å². The van der Waals surface area contributed by atoms with Gasteiger partial charge in [-0.05, 0) is 31.0 Å². The molecule has 0 saturated carbocycles.